The Labute approximate surface area is 196 Å². The van der Waals surface area contributed by atoms with E-state index in [2.05, 4.69) is 0 Å². The molecule has 0 heterocycles. The molecule has 0 unspecified atom stereocenters. The number of para-hydroxylation sites is 2. The molecule has 7 heteroatoms. The SMILES string of the molecule is CCc1ccccc1N(CC(=O)N(C)Cc1ccccc1OC)S(=O)(=O)c1ccc(C)cc1. The highest BCUT2D eigenvalue weighted by molar-refractivity contribution is 7.92. The minimum Gasteiger partial charge on any atom is -0.496 e. The Balaban J connectivity index is 1.96. The highest BCUT2D eigenvalue weighted by Crippen LogP contribution is 2.28. The van der Waals surface area contributed by atoms with Crippen molar-refractivity contribution in [1.29, 1.82) is 0 Å². The minimum absolute atomic E-state index is 0.152. The third-order valence-corrected chi connectivity index (χ3v) is 7.33. The predicted molar refractivity (Wildman–Crippen MR) is 131 cm³/mol. The van der Waals surface area contributed by atoms with E-state index in [1.807, 2.05) is 50.2 Å². The van der Waals surface area contributed by atoms with Gasteiger partial charge < -0.3 is 9.64 Å². The number of ether oxygens (including phenoxy) is 1. The van der Waals surface area contributed by atoms with Gasteiger partial charge in [0, 0.05) is 19.2 Å². The van der Waals surface area contributed by atoms with Crippen molar-refractivity contribution >= 4 is 21.6 Å². The average Bonchev–Trinajstić information content (AvgIpc) is 2.82. The molecule has 3 rings (SSSR count). The number of amides is 1. The van der Waals surface area contributed by atoms with Crippen LogP contribution < -0.4 is 9.04 Å². The molecule has 0 aliphatic rings. The van der Waals surface area contributed by atoms with E-state index >= 15 is 0 Å². The van der Waals surface area contributed by atoms with Crippen molar-refractivity contribution < 1.29 is 17.9 Å². The summed E-state index contributed by atoms with van der Waals surface area (Å²) in [4.78, 5) is 14.9. The van der Waals surface area contributed by atoms with Gasteiger partial charge in [-0.15, -0.1) is 0 Å². The first-order valence-corrected chi connectivity index (χ1v) is 12.2. The summed E-state index contributed by atoms with van der Waals surface area (Å²) < 4.78 is 33.9. The van der Waals surface area contributed by atoms with Gasteiger partial charge in [0.1, 0.15) is 12.3 Å². The molecule has 0 N–H and O–H groups in total. The average molecular weight is 467 g/mol. The van der Waals surface area contributed by atoms with Crippen LogP contribution in [0.1, 0.15) is 23.6 Å². The summed E-state index contributed by atoms with van der Waals surface area (Å²) in [6, 6.07) is 21.4. The quantitative estimate of drug-likeness (QED) is 0.468. The lowest BCUT2D eigenvalue weighted by Crippen LogP contribution is -2.41. The van der Waals surface area contributed by atoms with E-state index in [0.29, 0.717) is 24.4 Å². The standard InChI is InChI=1S/C26H30N2O4S/c1-5-21-10-6-8-12-24(21)28(33(30,31)23-16-14-20(2)15-17-23)19-26(29)27(3)18-22-11-7-9-13-25(22)32-4/h6-17H,5,18-19H2,1-4H3. The van der Waals surface area contributed by atoms with Gasteiger partial charge in [0.25, 0.3) is 10.0 Å². The number of benzene rings is 3. The Morgan fingerprint density at radius 3 is 2.15 bits per heavy atom. The molecule has 0 fully saturated rings. The normalized spacial score (nSPS) is 11.2. The third-order valence-electron chi connectivity index (χ3n) is 5.55. The lowest BCUT2D eigenvalue weighted by atomic mass is 10.1. The molecule has 0 saturated heterocycles. The maximum atomic E-state index is 13.7. The second kappa shape index (κ2) is 10.5. The van der Waals surface area contributed by atoms with E-state index < -0.39 is 10.0 Å². The van der Waals surface area contributed by atoms with E-state index in [0.717, 1.165) is 16.7 Å². The largest absolute Gasteiger partial charge is 0.496 e. The van der Waals surface area contributed by atoms with Crippen molar-refractivity contribution in [2.24, 2.45) is 0 Å². The monoisotopic (exact) mass is 466 g/mol. The van der Waals surface area contributed by atoms with Crippen molar-refractivity contribution in [3.8, 4) is 5.75 Å². The van der Waals surface area contributed by atoms with Crippen molar-refractivity contribution in [3.63, 3.8) is 0 Å². The number of methoxy groups -OCH3 is 1. The fourth-order valence-electron chi connectivity index (χ4n) is 3.61. The molecule has 0 aliphatic heterocycles. The van der Waals surface area contributed by atoms with Crippen LogP contribution in [0.2, 0.25) is 0 Å². The van der Waals surface area contributed by atoms with Gasteiger partial charge in [-0.25, -0.2) is 8.42 Å². The van der Waals surface area contributed by atoms with Crippen LogP contribution in [-0.4, -0.2) is 39.9 Å². The zero-order chi connectivity index (χ0) is 24.0. The molecule has 1 amide bonds. The second-order valence-corrected chi connectivity index (χ2v) is 9.73. The van der Waals surface area contributed by atoms with E-state index in [4.69, 9.17) is 4.74 Å². The number of likely N-dealkylation sites (N-methyl/N-ethyl adjacent to an activating group) is 1. The highest BCUT2D eigenvalue weighted by Gasteiger charge is 2.29. The first kappa shape index (κ1) is 24.3. The van der Waals surface area contributed by atoms with Crippen LogP contribution in [0.25, 0.3) is 0 Å². The van der Waals surface area contributed by atoms with Gasteiger partial charge in [-0.1, -0.05) is 61.0 Å². The molecule has 174 valence electrons. The molecule has 0 spiro atoms. The van der Waals surface area contributed by atoms with Crippen LogP contribution in [0.4, 0.5) is 5.69 Å². The van der Waals surface area contributed by atoms with Crippen LogP contribution in [0, 0.1) is 6.92 Å². The summed E-state index contributed by atoms with van der Waals surface area (Å²) in [6.07, 6.45) is 0.640. The fourth-order valence-corrected chi connectivity index (χ4v) is 5.06. The lowest BCUT2D eigenvalue weighted by molar-refractivity contribution is -0.128. The molecular weight excluding hydrogens is 436 g/mol. The lowest BCUT2D eigenvalue weighted by Gasteiger charge is -2.28. The van der Waals surface area contributed by atoms with Crippen molar-refractivity contribution in [2.45, 2.75) is 31.7 Å². The van der Waals surface area contributed by atoms with E-state index in [9.17, 15) is 13.2 Å². The smallest absolute Gasteiger partial charge is 0.264 e. The molecule has 0 aromatic heterocycles. The predicted octanol–water partition coefficient (Wildman–Crippen LogP) is 4.42. The van der Waals surface area contributed by atoms with Gasteiger partial charge in [-0.2, -0.15) is 0 Å². The Bertz CT molecular complexity index is 1210. The van der Waals surface area contributed by atoms with Crippen LogP contribution in [0.5, 0.6) is 5.75 Å². The molecule has 0 atom stereocenters. The fraction of sp³-hybridized carbons (Fsp3) is 0.269. The molecule has 3 aromatic carbocycles. The number of carbonyl (C=O) groups is 1. The topological polar surface area (TPSA) is 66.9 Å². The van der Waals surface area contributed by atoms with Gasteiger partial charge in [-0.3, -0.25) is 9.10 Å². The Morgan fingerprint density at radius 1 is 0.909 bits per heavy atom. The maximum absolute atomic E-state index is 13.7. The number of hydrogen-bond donors (Lipinski definition) is 0. The van der Waals surface area contributed by atoms with E-state index in [1.165, 1.54) is 9.21 Å². The van der Waals surface area contributed by atoms with Crippen molar-refractivity contribution in [3.05, 3.63) is 89.5 Å². The minimum atomic E-state index is -3.96. The van der Waals surface area contributed by atoms with Crippen LogP contribution in [0.15, 0.2) is 77.7 Å². The van der Waals surface area contributed by atoms with Crippen LogP contribution in [0.3, 0.4) is 0 Å². The number of nitrogens with zero attached hydrogens (tertiary/aromatic N) is 2. The van der Waals surface area contributed by atoms with Crippen molar-refractivity contribution in [2.75, 3.05) is 25.0 Å². The Kier molecular flexibility index (Phi) is 7.76. The number of hydrogen-bond acceptors (Lipinski definition) is 4. The first-order chi connectivity index (χ1) is 15.8. The molecule has 0 radical (unpaired) electrons. The summed E-state index contributed by atoms with van der Waals surface area (Å²) in [6.45, 7) is 3.86. The molecule has 33 heavy (non-hydrogen) atoms. The number of rotatable bonds is 9. The van der Waals surface area contributed by atoms with Gasteiger partial charge in [0.15, 0.2) is 0 Å². The van der Waals surface area contributed by atoms with Crippen LogP contribution in [-0.2, 0) is 27.8 Å². The summed E-state index contributed by atoms with van der Waals surface area (Å²) in [5, 5.41) is 0. The molecule has 0 bridgehead atoms. The highest BCUT2D eigenvalue weighted by atomic mass is 32.2. The zero-order valence-corrected chi connectivity index (χ0v) is 20.3. The van der Waals surface area contributed by atoms with Gasteiger partial charge in [-0.05, 0) is 43.2 Å². The molecule has 6 nitrogen and oxygen atoms in total. The van der Waals surface area contributed by atoms with Crippen LogP contribution >= 0.6 is 0 Å². The second-order valence-electron chi connectivity index (χ2n) is 7.87. The number of anilines is 1. The van der Waals surface area contributed by atoms with Crippen molar-refractivity contribution in [1.82, 2.24) is 4.90 Å². The molecule has 3 aromatic rings. The molecule has 0 aliphatic carbocycles. The first-order valence-electron chi connectivity index (χ1n) is 10.8. The molecular formula is C26H30N2O4S. The number of aryl methyl sites for hydroxylation is 2. The van der Waals surface area contributed by atoms with E-state index in [1.54, 1.807) is 50.6 Å². The number of sulfonamides is 1. The summed E-state index contributed by atoms with van der Waals surface area (Å²) in [5.74, 6) is 0.361. The zero-order valence-electron chi connectivity index (χ0n) is 19.5. The molecule has 0 saturated carbocycles. The summed E-state index contributed by atoms with van der Waals surface area (Å²) in [7, 11) is -0.711. The van der Waals surface area contributed by atoms with Gasteiger partial charge >= 0.3 is 0 Å². The summed E-state index contributed by atoms with van der Waals surface area (Å²) in [5.41, 5.74) is 3.17. The maximum Gasteiger partial charge on any atom is 0.264 e. The number of carbonyl (C=O) groups excluding carboxylic acids is 1. The third kappa shape index (κ3) is 5.54. The Morgan fingerprint density at radius 2 is 1.52 bits per heavy atom. The summed E-state index contributed by atoms with van der Waals surface area (Å²) >= 11 is 0. The Hall–Kier alpha value is -3.32. The van der Waals surface area contributed by atoms with E-state index in [-0.39, 0.29) is 17.3 Å². The van der Waals surface area contributed by atoms with Gasteiger partial charge in [0.2, 0.25) is 5.91 Å². The van der Waals surface area contributed by atoms with Gasteiger partial charge in [0.05, 0.1) is 17.7 Å².